The van der Waals surface area contributed by atoms with Crippen LogP contribution in [0.15, 0.2) is 48.5 Å². The third-order valence-electron chi connectivity index (χ3n) is 3.19. The Bertz CT molecular complexity index is 583. The smallest absolute Gasteiger partial charge is 0.193 e. The molecule has 2 heteroatoms. The summed E-state index contributed by atoms with van der Waals surface area (Å²) in [5.74, 6) is 1.35. The van der Waals surface area contributed by atoms with Crippen LogP contribution >= 0.6 is 0 Å². The number of rotatable bonds is 5. The minimum atomic E-state index is 0.0278. The van der Waals surface area contributed by atoms with Crippen molar-refractivity contribution in [1.82, 2.24) is 0 Å². The van der Waals surface area contributed by atoms with Crippen LogP contribution in [0.2, 0.25) is 0 Å². The van der Waals surface area contributed by atoms with Gasteiger partial charge in [0.1, 0.15) is 5.75 Å². The summed E-state index contributed by atoms with van der Waals surface area (Å²) in [6.07, 6.45) is 1.04. The number of carbonyl (C=O) groups excluding carboxylic acids is 1. The first-order chi connectivity index (χ1) is 9.60. The van der Waals surface area contributed by atoms with Crippen LogP contribution in [-0.4, -0.2) is 12.9 Å². The molecule has 0 spiro atoms. The van der Waals surface area contributed by atoms with Gasteiger partial charge in [0.15, 0.2) is 5.78 Å². The summed E-state index contributed by atoms with van der Waals surface area (Å²) in [5.41, 5.74) is 2.63. The number of hydrogen-bond acceptors (Lipinski definition) is 2. The molecule has 0 bridgehead atoms. The van der Waals surface area contributed by atoms with Gasteiger partial charge in [0.05, 0.1) is 7.11 Å². The van der Waals surface area contributed by atoms with Crippen LogP contribution in [0.1, 0.15) is 35.3 Å². The van der Waals surface area contributed by atoms with Crippen molar-refractivity contribution in [3.05, 3.63) is 65.2 Å². The van der Waals surface area contributed by atoms with E-state index in [9.17, 15) is 4.79 Å². The predicted octanol–water partition coefficient (Wildman–Crippen LogP) is 4.12. The Balaban J connectivity index is 2.20. The first-order valence-corrected chi connectivity index (χ1v) is 6.88. The maximum absolute atomic E-state index is 12.4. The molecule has 0 aliphatic carbocycles. The van der Waals surface area contributed by atoms with E-state index in [0.717, 1.165) is 6.42 Å². The largest absolute Gasteiger partial charge is 0.497 e. The van der Waals surface area contributed by atoms with Crippen LogP contribution in [0.3, 0.4) is 0 Å². The van der Waals surface area contributed by atoms with E-state index in [0.29, 0.717) is 22.8 Å². The van der Waals surface area contributed by atoms with E-state index in [-0.39, 0.29) is 5.78 Å². The van der Waals surface area contributed by atoms with Crippen LogP contribution in [0.4, 0.5) is 0 Å². The van der Waals surface area contributed by atoms with E-state index in [1.807, 2.05) is 42.5 Å². The fraction of sp³-hybridized carbons (Fsp3) is 0.278. The Morgan fingerprint density at radius 1 is 1.05 bits per heavy atom. The molecule has 0 heterocycles. The number of carbonyl (C=O) groups is 1. The third-order valence-corrected chi connectivity index (χ3v) is 3.19. The Morgan fingerprint density at radius 2 is 1.75 bits per heavy atom. The molecule has 0 unspecified atom stereocenters. The van der Waals surface area contributed by atoms with Crippen LogP contribution < -0.4 is 4.74 Å². The molecule has 0 atom stereocenters. The molecule has 0 radical (unpaired) electrons. The quantitative estimate of drug-likeness (QED) is 0.762. The molecule has 0 aliphatic rings. The molecule has 0 saturated carbocycles. The zero-order valence-electron chi connectivity index (χ0n) is 12.2. The van der Waals surface area contributed by atoms with Crippen molar-refractivity contribution in [2.75, 3.05) is 7.11 Å². The lowest BCUT2D eigenvalue weighted by Gasteiger charge is -2.07. The van der Waals surface area contributed by atoms with Gasteiger partial charge in [-0.1, -0.05) is 50.2 Å². The molecule has 0 saturated heterocycles. The first-order valence-electron chi connectivity index (χ1n) is 6.88. The van der Waals surface area contributed by atoms with Gasteiger partial charge in [0, 0.05) is 11.1 Å². The summed E-state index contributed by atoms with van der Waals surface area (Å²) in [4.78, 5) is 12.4. The lowest BCUT2D eigenvalue weighted by molar-refractivity contribution is 0.103. The number of benzene rings is 2. The average Bonchev–Trinajstić information content (AvgIpc) is 2.47. The highest BCUT2D eigenvalue weighted by atomic mass is 16.5. The third kappa shape index (κ3) is 3.47. The highest BCUT2D eigenvalue weighted by molar-refractivity contribution is 6.09. The zero-order chi connectivity index (χ0) is 14.5. The second kappa shape index (κ2) is 6.38. The van der Waals surface area contributed by atoms with Crippen molar-refractivity contribution >= 4 is 5.78 Å². The van der Waals surface area contributed by atoms with Crippen LogP contribution in [0.25, 0.3) is 0 Å². The van der Waals surface area contributed by atoms with Crippen molar-refractivity contribution in [1.29, 1.82) is 0 Å². The van der Waals surface area contributed by atoms with E-state index >= 15 is 0 Å². The molecular weight excluding hydrogens is 248 g/mol. The van der Waals surface area contributed by atoms with Crippen molar-refractivity contribution in [2.45, 2.75) is 20.3 Å². The highest BCUT2D eigenvalue weighted by Gasteiger charge is 2.10. The monoisotopic (exact) mass is 268 g/mol. The number of methoxy groups -OCH3 is 1. The normalized spacial score (nSPS) is 10.6. The second-order valence-electron chi connectivity index (χ2n) is 5.36. The Labute approximate surface area is 120 Å². The minimum Gasteiger partial charge on any atom is -0.497 e. The van der Waals surface area contributed by atoms with E-state index in [1.165, 1.54) is 5.56 Å². The molecule has 20 heavy (non-hydrogen) atoms. The molecule has 104 valence electrons. The molecule has 2 rings (SSSR count). The molecule has 0 fully saturated rings. The maximum Gasteiger partial charge on any atom is 0.193 e. The molecule has 0 aromatic heterocycles. The van der Waals surface area contributed by atoms with Gasteiger partial charge in [-0.25, -0.2) is 0 Å². The van der Waals surface area contributed by atoms with Crippen molar-refractivity contribution < 1.29 is 9.53 Å². The number of hydrogen-bond donors (Lipinski definition) is 0. The predicted molar refractivity (Wildman–Crippen MR) is 81.4 cm³/mol. The van der Waals surface area contributed by atoms with E-state index in [1.54, 1.807) is 13.2 Å². The lowest BCUT2D eigenvalue weighted by Crippen LogP contribution is -2.02. The Hall–Kier alpha value is -2.09. The topological polar surface area (TPSA) is 26.3 Å². The lowest BCUT2D eigenvalue weighted by atomic mass is 9.98. The van der Waals surface area contributed by atoms with Crippen molar-refractivity contribution in [3.8, 4) is 5.75 Å². The summed E-state index contributed by atoms with van der Waals surface area (Å²) in [6.45, 7) is 4.38. The highest BCUT2D eigenvalue weighted by Crippen LogP contribution is 2.17. The van der Waals surface area contributed by atoms with Crippen molar-refractivity contribution in [3.63, 3.8) is 0 Å². The second-order valence-corrected chi connectivity index (χ2v) is 5.36. The van der Waals surface area contributed by atoms with E-state index in [2.05, 4.69) is 13.8 Å². The zero-order valence-corrected chi connectivity index (χ0v) is 12.2. The van der Waals surface area contributed by atoms with Gasteiger partial charge in [0.25, 0.3) is 0 Å². The number of ketones is 1. The summed E-state index contributed by atoms with van der Waals surface area (Å²) in [6, 6.07) is 15.1. The van der Waals surface area contributed by atoms with Gasteiger partial charge in [-0.15, -0.1) is 0 Å². The van der Waals surface area contributed by atoms with Gasteiger partial charge in [-0.2, -0.15) is 0 Å². The fourth-order valence-electron chi connectivity index (χ4n) is 2.19. The van der Waals surface area contributed by atoms with E-state index < -0.39 is 0 Å². The fourth-order valence-corrected chi connectivity index (χ4v) is 2.19. The van der Waals surface area contributed by atoms with Gasteiger partial charge in [0.2, 0.25) is 0 Å². The van der Waals surface area contributed by atoms with Crippen LogP contribution in [-0.2, 0) is 6.42 Å². The molecule has 0 N–H and O–H groups in total. The Morgan fingerprint density at radius 3 is 2.35 bits per heavy atom. The van der Waals surface area contributed by atoms with E-state index in [4.69, 9.17) is 4.74 Å². The van der Waals surface area contributed by atoms with Gasteiger partial charge >= 0.3 is 0 Å². The molecule has 2 aromatic carbocycles. The molecule has 0 amide bonds. The van der Waals surface area contributed by atoms with Crippen LogP contribution in [0.5, 0.6) is 5.75 Å². The molecule has 2 aromatic rings. The summed E-state index contributed by atoms with van der Waals surface area (Å²) in [5, 5.41) is 0. The van der Waals surface area contributed by atoms with Gasteiger partial charge < -0.3 is 4.74 Å². The van der Waals surface area contributed by atoms with Gasteiger partial charge in [-0.05, 0) is 30.0 Å². The number of ether oxygens (including phenoxy) is 1. The minimum absolute atomic E-state index is 0.0278. The molecule has 0 aliphatic heterocycles. The summed E-state index contributed by atoms with van der Waals surface area (Å²) >= 11 is 0. The maximum atomic E-state index is 12.4. The SMILES string of the molecule is COc1cccc(C(=O)c2ccc(CC(C)C)cc2)c1. The molecular formula is C18H20O2. The van der Waals surface area contributed by atoms with Crippen molar-refractivity contribution in [2.24, 2.45) is 5.92 Å². The summed E-state index contributed by atoms with van der Waals surface area (Å²) < 4.78 is 5.15. The standard InChI is InChI=1S/C18H20O2/c1-13(2)11-14-7-9-15(10-8-14)18(19)16-5-4-6-17(12-16)20-3/h4-10,12-13H,11H2,1-3H3. The first kappa shape index (κ1) is 14.3. The molecule has 2 nitrogen and oxygen atoms in total. The average molecular weight is 268 g/mol. The van der Waals surface area contributed by atoms with Crippen LogP contribution in [0, 0.1) is 5.92 Å². The summed E-state index contributed by atoms with van der Waals surface area (Å²) in [7, 11) is 1.60. The van der Waals surface area contributed by atoms with Gasteiger partial charge in [-0.3, -0.25) is 4.79 Å². The Kier molecular flexibility index (Phi) is 4.57.